The first-order valence-electron chi connectivity index (χ1n) is 15.5. The molecule has 0 radical (unpaired) electrons. The lowest BCUT2D eigenvalue weighted by Crippen LogP contribution is -2.47. The largest absolute Gasteiger partial charge is 0.490 e. The third-order valence-corrected chi connectivity index (χ3v) is 8.64. The molecule has 2 aromatic rings. The Kier molecular flexibility index (Phi) is 14.4. The van der Waals surface area contributed by atoms with Crippen LogP contribution < -0.4 is 10.1 Å². The van der Waals surface area contributed by atoms with Crippen molar-refractivity contribution in [2.24, 2.45) is 5.92 Å². The highest BCUT2D eigenvalue weighted by molar-refractivity contribution is 6.42. The number of hydrogen-bond acceptors (Lipinski definition) is 6. The zero-order chi connectivity index (χ0) is 34.0. The van der Waals surface area contributed by atoms with Crippen LogP contribution in [0.25, 0.3) is 0 Å². The van der Waals surface area contributed by atoms with Crippen molar-refractivity contribution in [1.82, 2.24) is 9.80 Å². The number of hydrogen-bond donors (Lipinski definition) is 2. The summed E-state index contributed by atoms with van der Waals surface area (Å²) in [6.07, 6.45) is -4.65. The third kappa shape index (κ3) is 11.9. The fraction of sp³-hybridized carbons (Fsp3) is 0.576. The van der Waals surface area contributed by atoms with Crippen LogP contribution >= 0.6 is 23.2 Å². The molecule has 1 heterocycles. The first kappa shape index (κ1) is 37.9. The second kappa shape index (κ2) is 17.5. The lowest BCUT2D eigenvalue weighted by atomic mass is 10.0. The van der Waals surface area contributed by atoms with Gasteiger partial charge in [0.2, 0.25) is 5.91 Å². The Morgan fingerprint density at radius 1 is 1.15 bits per heavy atom. The first-order chi connectivity index (χ1) is 21.7. The monoisotopic (exact) mass is 689 g/mol. The predicted octanol–water partition coefficient (Wildman–Crippen LogP) is 7.20. The average molecular weight is 691 g/mol. The Hall–Kier alpha value is -2.57. The van der Waals surface area contributed by atoms with Crippen molar-refractivity contribution < 1.29 is 37.3 Å². The van der Waals surface area contributed by atoms with Gasteiger partial charge in [0.1, 0.15) is 5.75 Å². The average Bonchev–Trinajstić information content (AvgIpc) is 2.99. The summed E-state index contributed by atoms with van der Waals surface area (Å²) in [7, 11) is 1.98. The summed E-state index contributed by atoms with van der Waals surface area (Å²) in [6, 6.07) is 9.40. The maximum absolute atomic E-state index is 14.2. The molecule has 2 N–H and O–H groups in total. The van der Waals surface area contributed by atoms with Gasteiger partial charge in [0, 0.05) is 44.3 Å². The number of carbonyl (C=O) groups excluding carboxylic acids is 2. The molecule has 4 atom stereocenters. The van der Waals surface area contributed by atoms with Crippen LogP contribution in [0.2, 0.25) is 10.0 Å². The van der Waals surface area contributed by atoms with Crippen molar-refractivity contribution in [2.75, 3.05) is 38.7 Å². The molecule has 0 spiro atoms. The minimum atomic E-state index is -4.47. The summed E-state index contributed by atoms with van der Waals surface area (Å²) < 4.78 is 50.5. The van der Waals surface area contributed by atoms with Gasteiger partial charge in [-0.05, 0) is 76.1 Å². The van der Waals surface area contributed by atoms with Crippen molar-refractivity contribution >= 4 is 40.7 Å². The topological polar surface area (TPSA) is 91.3 Å². The lowest BCUT2D eigenvalue weighted by molar-refractivity contribution is -0.142. The van der Waals surface area contributed by atoms with Gasteiger partial charge in [-0.2, -0.15) is 13.2 Å². The molecule has 256 valence electrons. The highest BCUT2D eigenvalue weighted by Gasteiger charge is 2.31. The normalized spacial score (nSPS) is 20.9. The van der Waals surface area contributed by atoms with E-state index in [1.165, 1.54) is 12.1 Å². The maximum atomic E-state index is 14.2. The Morgan fingerprint density at radius 2 is 1.89 bits per heavy atom. The highest BCUT2D eigenvalue weighted by Crippen LogP contribution is 2.29. The summed E-state index contributed by atoms with van der Waals surface area (Å²) in [6.45, 7) is 7.23. The minimum Gasteiger partial charge on any atom is -0.490 e. The predicted molar refractivity (Wildman–Crippen MR) is 174 cm³/mol. The highest BCUT2D eigenvalue weighted by atomic mass is 35.5. The van der Waals surface area contributed by atoms with Gasteiger partial charge in [-0.15, -0.1) is 0 Å². The minimum absolute atomic E-state index is 0.138. The number of aliphatic hydroxyl groups is 1. The Labute approximate surface area is 279 Å². The summed E-state index contributed by atoms with van der Waals surface area (Å²) in [5.74, 6) is -1.13. The smallest absolute Gasteiger partial charge is 0.389 e. The Morgan fingerprint density at radius 3 is 2.57 bits per heavy atom. The van der Waals surface area contributed by atoms with Crippen LogP contribution in [0, 0.1) is 5.92 Å². The maximum Gasteiger partial charge on any atom is 0.389 e. The van der Waals surface area contributed by atoms with Gasteiger partial charge in [0.05, 0.1) is 46.9 Å². The molecule has 3 rings (SSSR count). The van der Waals surface area contributed by atoms with E-state index in [9.17, 15) is 27.9 Å². The number of alkyl halides is 3. The van der Waals surface area contributed by atoms with Crippen LogP contribution in [0.4, 0.5) is 18.9 Å². The van der Waals surface area contributed by atoms with Gasteiger partial charge in [-0.25, -0.2) is 0 Å². The standard InChI is InChI=1S/C33H44Cl2F3N3O5/c1-21-17-41(22(2)20-42)32(44)26-16-25(39-31(43)12-13-33(36,37)38)9-11-29(26)46-23(3)7-5-6-14-45-30(21)19-40(4)18-24-8-10-27(34)28(35)15-24/h8-11,15-16,21-23,30,42H,5-7,12-14,17-20H2,1-4H3,(H,39,43)/t21-,22+,23-,30-/m1/s1. The summed E-state index contributed by atoms with van der Waals surface area (Å²) in [4.78, 5) is 30.1. The van der Waals surface area contributed by atoms with E-state index in [0.29, 0.717) is 41.9 Å². The number of nitrogens with zero attached hydrogens (tertiary/aromatic N) is 2. The molecular weight excluding hydrogens is 646 g/mol. The second-order valence-corrected chi connectivity index (χ2v) is 12.9. The molecule has 0 saturated carbocycles. The number of fused-ring (bicyclic) bond motifs is 1. The van der Waals surface area contributed by atoms with Gasteiger partial charge in [-0.1, -0.05) is 36.2 Å². The van der Waals surface area contributed by atoms with Gasteiger partial charge in [0.15, 0.2) is 0 Å². The first-order valence-corrected chi connectivity index (χ1v) is 16.3. The van der Waals surface area contributed by atoms with Crippen molar-refractivity contribution in [3.05, 3.63) is 57.6 Å². The number of ether oxygens (including phenoxy) is 2. The Bertz CT molecular complexity index is 1320. The molecule has 2 amide bonds. The van der Waals surface area contributed by atoms with Crippen LogP contribution in [-0.2, 0) is 16.1 Å². The van der Waals surface area contributed by atoms with Crippen LogP contribution in [0.1, 0.15) is 68.8 Å². The molecule has 46 heavy (non-hydrogen) atoms. The van der Waals surface area contributed by atoms with E-state index in [2.05, 4.69) is 10.2 Å². The van der Waals surface area contributed by atoms with Crippen LogP contribution in [0.3, 0.4) is 0 Å². The van der Waals surface area contributed by atoms with Crippen molar-refractivity contribution in [3.63, 3.8) is 0 Å². The molecule has 0 aliphatic carbocycles. The van der Waals surface area contributed by atoms with Gasteiger partial charge in [0.25, 0.3) is 5.91 Å². The van der Waals surface area contributed by atoms with Crippen LogP contribution in [0.15, 0.2) is 36.4 Å². The number of benzene rings is 2. The summed E-state index contributed by atoms with van der Waals surface area (Å²) in [5, 5.41) is 13.6. The van der Waals surface area contributed by atoms with Crippen LogP contribution in [-0.4, -0.2) is 84.5 Å². The number of aliphatic hydroxyl groups excluding tert-OH is 1. The fourth-order valence-electron chi connectivity index (χ4n) is 5.26. The number of likely N-dealkylation sites (N-methyl/N-ethyl adjacent to an activating group) is 1. The van der Waals surface area contributed by atoms with Gasteiger partial charge >= 0.3 is 6.18 Å². The van der Waals surface area contributed by atoms with Crippen LogP contribution in [0.5, 0.6) is 5.75 Å². The molecule has 1 aliphatic rings. The van der Waals surface area contributed by atoms with E-state index in [1.54, 1.807) is 24.0 Å². The Balaban J connectivity index is 1.88. The van der Waals surface area contributed by atoms with E-state index in [4.69, 9.17) is 32.7 Å². The number of halogens is 5. The number of carbonyl (C=O) groups is 2. The number of anilines is 1. The molecule has 0 saturated heterocycles. The molecular formula is C33H44Cl2F3N3O5. The van der Waals surface area contributed by atoms with Crippen molar-refractivity contribution in [2.45, 2.75) is 83.8 Å². The van der Waals surface area contributed by atoms with E-state index in [0.717, 1.165) is 18.4 Å². The summed E-state index contributed by atoms with van der Waals surface area (Å²) in [5.41, 5.74) is 1.30. The third-order valence-electron chi connectivity index (χ3n) is 7.90. The molecule has 0 bridgehead atoms. The molecule has 0 unspecified atom stereocenters. The summed E-state index contributed by atoms with van der Waals surface area (Å²) >= 11 is 12.3. The number of nitrogens with one attached hydrogen (secondary N) is 1. The lowest BCUT2D eigenvalue weighted by Gasteiger charge is -2.36. The van der Waals surface area contributed by atoms with E-state index in [-0.39, 0.29) is 42.5 Å². The molecule has 0 aromatic heterocycles. The van der Waals surface area contributed by atoms with E-state index < -0.39 is 36.9 Å². The zero-order valence-electron chi connectivity index (χ0n) is 26.7. The molecule has 8 nitrogen and oxygen atoms in total. The van der Waals surface area contributed by atoms with E-state index >= 15 is 0 Å². The van der Waals surface area contributed by atoms with E-state index in [1.807, 2.05) is 33.0 Å². The molecule has 0 fully saturated rings. The quantitative estimate of drug-likeness (QED) is 0.289. The van der Waals surface area contributed by atoms with Crippen molar-refractivity contribution in [3.8, 4) is 5.75 Å². The van der Waals surface area contributed by atoms with Gasteiger partial charge < -0.3 is 24.8 Å². The zero-order valence-corrected chi connectivity index (χ0v) is 28.2. The second-order valence-electron chi connectivity index (χ2n) is 12.1. The van der Waals surface area contributed by atoms with Crippen molar-refractivity contribution in [1.29, 1.82) is 0 Å². The fourth-order valence-corrected chi connectivity index (χ4v) is 5.58. The van der Waals surface area contributed by atoms with Gasteiger partial charge in [-0.3, -0.25) is 14.5 Å². The number of amides is 2. The number of rotatable bonds is 9. The molecule has 1 aliphatic heterocycles. The molecule has 13 heteroatoms. The SMILES string of the molecule is C[C@@H]1CCCCO[C@H](CN(C)Cc2ccc(Cl)c(Cl)c2)[C@H](C)CN([C@@H](C)CO)C(=O)c2cc(NC(=O)CCC(F)(F)F)ccc2O1. The molecule has 2 aromatic carbocycles.